The average Bonchev–Trinajstić information content (AvgIpc) is 3.02. The first-order valence-corrected chi connectivity index (χ1v) is 8.33. The molecule has 2 heterocycles. The van der Waals surface area contributed by atoms with E-state index in [1.54, 1.807) is 0 Å². The van der Waals surface area contributed by atoms with Gasteiger partial charge in [0, 0.05) is 17.3 Å². The van der Waals surface area contributed by atoms with Crippen LogP contribution >= 0.6 is 11.6 Å². The van der Waals surface area contributed by atoms with Crippen LogP contribution in [-0.4, -0.2) is 23.7 Å². The van der Waals surface area contributed by atoms with E-state index in [9.17, 15) is 4.79 Å². The molecule has 5 nitrogen and oxygen atoms in total. The molecule has 0 radical (unpaired) electrons. The van der Waals surface area contributed by atoms with Gasteiger partial charge in [-0.1, -0.05) is 29.8 Å². The third-order valence-electron chi connectivity index (χ3n) is 3.98. The zero-order valence-corrected chi connectivity index (χ0v) is 14.2. The minimum Gasteiger partial charge on any atom is -0.371 e. The number of hydrogen-bond acceptors (Lipinski definition) is 3. The minimum absolute atomic E-state index is 0.0587. The van der Waals surface area contributed by atoms with Gasteiger partial charge in [-0.2, -0.15) is 0 Å². The van der Waals surface area contributed by atoms with Crippen LogP contribution in [0.5, 0.6) is 0 Å². The smallest absolute Gasteiger partial charge is 0.315 e. The number of hydrogen-bond donors (Lipinski definition) is 2. The van der Waals surface area contributed by atoms with Gasteiger partial charge in [0.15, 0.2) is 0 Å². The number of carbonyl (C=O) groups is 1. The standard InChI is InChI=1S/C18H20ClN3O2/c1-12-3-2-4-15(21-12)11-20-18(23)22-16-9-10-24-17(16)13-5-7-14(19)8-6-13/h2-8,16-17H,9-11H2,1H3,(H2,20,22,23). The molecule has 6 heteroatoms. The van der Waals surface area contributed by atoms with Crippen LogP contribution in [0.3, 0.4) is 0 Å². The van der Waals surface area contributed by atoms with Crippen LogP contribution in [0.15, 0.2) is 42.5 Å². The third-order valence-corrected chi connectivity index (χ3v) is 4.23. The Morgan fingerprint density at radius 2 is 2.08 bits per heavy atom. The number of aromatic nitrogens is 1. The number of nitrogens with one attached hydrogen (secondary N) is 2. The molecule has 24 heavy (non-hydrogen) atoms. The molecule has 1 saturated heterocycles. The van der Waals surface area contributed by atoms with E-state index in [1.807, 2.05) is 49.4 Å². The Morgan fingerprint density at radius 3 is 2.83 bits per heavy atom. The number of urea groups is 1. The van der Waals surface area contributed by atoms with Crippen molar-refractivity contribution in [2.45, 2.75) is 32.0 Å². The second-order valence-electron chi connectivity index (χ2n) is 5.84. The molecule has 3 rings (SSSR count). The Kier molecular flexibility index (Phi) is 5.33. The molecule has 0 spiro atoms. The number of benzene rings is 1. The predicted molar refractivity (Wildman–Crippen MR) is 92.9 cm³/mol. The second kappa shape index (κ2) is 7.64. The van der Waals surface area contributed by atoms with Gasteiger partial charge in [0.25, 0.3) is 0 Å². The number of pyridine rings is 1. The highest BCUT2D eigenvalue weighted by atomic mass is 35.5. The lowest BCUT2D eigenvalue weighted by Gasteiger charge is -2.20. The van der Waals surface area contributed by atoms with Crippen molar-refractivity contribution in [3.8, 4) is 0 Å². The molecule has 2 aromatic rings. The van der Waals surface area contributed by atoms with E-state index in [0.717, 1.165) is 23.4 Å². The Bertz CT molecular complexity index is 706. The van der Waals surface area contributed by atoms with Crippen LogP contribution in [0, 0.1) is 6.92 Å². The van der Waals surface area contributed by atoms with Gasteiger partial charge >= 0.3 is 6.03 Å². The van der Waals surface area contributed by atoms with Crippen molar-refractivity contribution in [3.05, 3.63) is 64.4 Å². The molecule has 1 aliphatic rings. The van der Waals surface area contributed by atoms with Crippen molar-refractivity contribution in [2.24, 2.45) is 0 Å². The van der Waals surface area contributed by atoms with Crippen LogP contribution in [0.25, 0.3) is 0 Å². The first-order valence-electron chi connectivity index (χ1n) is 7.96. The minimum atomic E-state index is -0.215. The lowest BCUT2D eigenvalue weighted by molar-refractivity contribution is 0.0999. The van der Waals surface area contributed by atoms with Crippen molar-refractivity contribution in [1.82, 2.24) is 15.6 Å². The average molecular weight is 346 g/mol. The van der Waals surface area contributed by atoms with E-state index in [1.165, 1.54) is 0 Å². The van der Waals surface area contributed by atoms with Gasteiger partial charge in [-0.15, -0.1) is 0 Å². The van der Waals surface area contributed by atoms with E-state index in [2.05, 4.69) is 15.6 Å². The Morgan fingerprint density at radius 1 is 1.29 bits per heavy atom. The van der Waals surface area contributed by atoms with Gasteiger partial charge in [-0.3, -0.25) is 4.98 Å². The van der Waals surface area contributed by atoms with E-state index in [4.69, 9.17) is 16.3 Å². The van der Waals surface area contributed by atoms with E-state index in [-0.39, 0.29) is 18.2 Å². The van der Waals surface area contributed by atoms with E-state index >= 15 is 0 Å². The molecule has 2 atom stereocenters. The van der Waals surface area contributed by atoms with Gasteiger partial charge < -0.3 is 15.4 Å². The van der Waals surface area contributed by atoms with Crippen LogP contribution in [0.4, 0.5) is 4.79 Å². The SMILES string of the molecule is Cc1cccc(CNC(=O)NC2CCOC2c2ccc(Cl)cc2)n1. The molecule has 126 valence electrons. The first-order chi connectivity index (χ1) is 11.6. The summed E-state index contributed by atoms with van der Waals surface area (Å²) in [4.78, 5) is 16.5. The van der Waals surface area contributed by atoms with Gasteiger partial charge in [-0.05, 0) is 43.2 Å². The maximum absolute atomic E-state index is 12.2. The highest BCUT2D eigenvalue weighted by Gasteiger charge is 2.30. The van der Waals surface area contributed by atoms with Crippen molar-refractivity contribution in [3.63, 3.8) is 0 Å². The monoisotopic (exact) mass is 345 g/mol. The molecule has 1 aromatic heterocycles. The molecular formula is C18H20ClN3O2. The number of halogens is 1. The lowest BCUT2D eigenvalue weighted by Crippen LogP contribution is -2.43. The number of nitrogens with zero attached hydrogens (tertiary/aromatic N) is 1. The number of rotatable bonds is 4. The molecular weight excluding hydrogens is 326 g/mol. The van der Waals surface area contributed by atoms with Crippen molar-refractivity contribution >= 4 is 17.6 Å². The van der Waals surface area contributed by atoms with Crippen LogP contribution in [0.1, 0.15) is 29.5 Å². The van der Waals surface area contributed by atoms with Crippen LogP contribution in [0.2, 0.25) is 5.02 Å². The third kappa shape index (κ3) is 4.24. The Balaban J connectivity index is 1.56. The molecule has 1 fully saturated rings. The summed E-state index contributed by atoms with van der Waals surface area (Å²) in [6.07, 6.45) is 0.633. The van der Waals surface area contributed by atoms with Gasteiger partial charge in [0.05, 0.1) is 18.3 Å². The summed E-state index contributed by atoms with van der Waals surface area (Å²) in [7, 11) is 0. The summed E-state index contributed by atoms with van der Waals surface area (Å²) in [5.41, 5.74) is 2.78. The number of carbonyl (C=O) groups excluding carboxylic acids is 1. The summed E-state index contributed by atoms with van der Waals surface area (Å²) >= 11 is 5.92. The van der Waals surface area contributed by atoms with Crippen molar-refractivity contribution in [2.75, 3.05) is 6.61 Å². The van der Waals surface area contributed by atoms with Crippen molar-refractivity contribution < 1.29 is 9.53 Å². The fraction of sp³-hybridized carbons (Fsp3) is 0.333. The molecule has 0 bridgehead atoms. The maximum Gasteiger partial charge on any atom is 0.315 e. The maximum atomic E-state index is 12.2. The van der Waals surface area contributed by atoms with Crippen molar-refractivity contribution in [1.29, 1.82) is 0 Å². The summed E-state index contributed by atoms with van der Waals surface area (Å²) in [6.45, 7) is 2.94. The molecule has 0 saturated carbocycles. The Hall–Kier alpha value is -2.11. The van der Waals surface area contributed by atoms with Crippen LogP contribution in [-0.2, 0) is 11.3 Å². The van der Waals surface area contributed by atoms with E-state index in [0.29, 0.717) is 18.2 Å². The predicted octanol–water partition coefficient (Wildman–Crippen LogP) is 3.37. The fourth-order valence-electron chi connectivity index (χ4n) is 2.81. The fourth-order valence-corrected chi connectivity index (χ4v) is 2.93. The number of ether oxygens (including phenoxy) is 1. The molecule has 2 amide bonds. The molecule has 1 aliphatic heterocycles. The first kappa shape index (κ1) is 16.7. The summed E-state index contributed by atoms with van der Waals surface area (Å²) in [6, 6.07) is 13.0. The highest BCUT2D eigenvalue weighted by molar-refractivity contribution is 6.30. The quantitative estimate of drug-likeness (QED) is 0.893. The molecule has 0 aliphatic carbocycles. The highest BCUT2D eigenvalue weighted by Crippen LogP contribution is 2.29. The molecule has 2 N–H and O–H groups in total. The van der Waals surface area contributed by atoms with Gasteiger partial charge in [-0.25, -0.2) is 4.79 Å². The lowest BCUT2D eigenvalue weighted by atomic mass is 10.0. The largest absolute Gasteiger partial charge is 0.371 e. The summed E-state index contributed by atoms with van der Waals surface area (Å²) in [5.74, 6) is 0. The summed E-state index contributed by atoms with van der Waals surface area (Å²) < 4.78 is 5.77. The topological polar surface area (TPSA) is 63.2 Å². The van der Waals surface area contributed by atoms with Crippen LogP contribution < -0.4 is 10.6 Å². The molecule has 2 unspecified atom stereocenters. The number of amides is 2. The molecule has 1 aromatic carbocycles. The van der Waals surface area contributed by atoms with Gasteiger partial charge in [0.1, 0.15) is 6.10 Å². The zero-order valence-electron chi connectivity index (χ0n) is 13.5. The Labute approximate surface area is 146 Å². The second-order valence-corrected chi connectivity index (χ2v) is 6.27. The summed E-state index contributed by atoms with van der Waals surface area (Å²) in [5, 5.41) is 6.52. The van der Waals surface area contributed by atoms with Gasteiger partial charge in [0.2, 0.25) is 0 Å². The zero-order chi connectivity index (χ0) is 16.9. The number of aryl methyl sites for hydroxylation is 1. The normalized spacial score (nSPS) is 19.9. The van der Waals surface area contributed by atoms with E-state index < -0.39 is 0 Å².